The van der Waals surface area contributed by atoms with E-state index in [0.717, 1.165) is 0 Å². The van der Waals surface area contributed by atoms with Gasteiger partial charge in [-0.15, -0.1) is 0 Å². The summed E-state index contributed by atoms with van der Waals surface area (Å²) in [6.45, 7) is 1.73. The van der Waals surface area contributed by atoms with Gasteiger partial charge in [0.1, 0.15) is 5.82 Å². The Balaban J connectivity index is 2.41. The van der Waals surface area contributed by atoms with Gasteiger partial charge in [0.05, 0.1) is 4.90 Å². The van der Waals surface area contributed by atoms with E-state index in [4.69, 9.17) is 10.9 Å². The zero-order valence-corrected chi connectivity index (χ0v) is 11.5. The van der Waals surface area contributed by atoms with Crippen molar-refractivity contribution in [3.8, 4) is 0 Å². The molecule has 0 unspecified atom stereocenters. The minimum Gasteiger partial charge on any atom is -0.399 e. The minimum atomic E-state index is -3.84. The molecule has 0 aliphatic heterocycles. The molecule has 0 aliphatic carbocycles. The topological polar surface area (TPSA) is 98.2 Å². The first kappa shape index (κ1) is 14.3. The van der Waals surface area contributed by atoms with Crippen LogP contribution in [0.1, 0.15) is 5.56 Å². The maximum atomic E-state index is 13.0. The third-order valence-electron chi connectivity index (χ3n) is 2.72. The number of halogens is 1. The van der Waals surface area contributed by atoms with Crippen LogP contribution in [0.3, 0.4) is 0 Å². The lowest BCUT2D eigenvalue weighted by atomic mass is 10.2. The Morgan fingerprint density at radius 3 is 2.45 bits per heavy atom. The SMILES string of the molecule is Cc1cc(F)ccc1Nc1cc(N)cc(S(N)(=O)=O)c1. The van der Waals surface area contributed by atoms with Crippen molar-refractivity contribution < 1.29 is 12.8 Å². The highest BCUT2D eigenvalue weighted by Crippen LogP contribution is 2.25. The van der Waals surface area contributed by atoms with Crippen LogP contribution in [0.2, 0.25) is 0 Å². The normalized spacial score (nSPS) is 11.3. The number of hydrogen-bond acceptors (Lipinski definition) is 4. The summed E-state index contributed by atoms with van der Waals surface area (Å²) in [4.78, 5) is -0.0836. The number of hydrogen-bond donors (Lipinski definition) is 3. The van der Waals surface area contributed by atoms with Gasteiger partial charge in [0.15, 0.2) is 0 Å². The van der Waals surface area contributed by atoms with Crippen LogP contribution < -0.4 is 16.2 Å². The first-order chi connectivity index (χ1) is 9.25. The Labute approximate surface area is 116 Å². The molecule has 0 aliphatic rings. The smallest absolute Gasteiger partial charge is 0.238 e. The Morgan fingerprint density at radius 1 is 1.15 bits per heavy atom. The summed E-state index contributed by atoms with van der Waals surface area (Å²) in [5.41, 5.74) is 7.71. The third kappa shape index (κ3) is 3.25. The van der Waals surface area contributed by atoms with E-state index in [0.29, 0.717) is 16.9 Å². The lowest BCUT2D eigenvalue weighted by molar-refractivity contribution is 0.598. The monoisotopic (exact) mass is 295 g/mol. The summed E-state index contributed by atoms with van der Waals surface area (Å²) in [6.07, 6.45) is 0. The fourth-order valence-electron chi connectivity index (χ4n) is 1.78. The molecular formula is C13H14FN3O2S. The molecule has 7 heteroatoms. The second-order valence-electron chi connectivity index (χ2n) is 4.42. The molecule has 2 aromatic carbocycles. The van der Waals surface area contributed by atoms with Crippen molar-refractivity contribution in [3.63, 3.8) is 0 Å². The highest BCUT2D eigenvalue weighted by molar-refractivity contribution is 7.89. The molecule has 106 valence electrons. The standard InChI is InChI=1S/C13H14FN3O2S/c1-8-4-9(14)2-3-13(8)17-11-5-10(15)6-12(7-11)20(16,18)19/h2-7,17H,15H2,1H3,(H2,16,18,19). The summed E-state index contributed by atoms with van der Waals surface area (Å²) >= 11 is 0. The van der Waals surface area contributed by atoms with Gasteiger partial charge in [-0.2, -0.15) is 0 Å². The lowest BCUT2D eigenvalue weighted by Gasteiger charge is -2.11. The summed E-state index contributed by atoms with van der Waals surface area (Å²) in [7, 11) is -3.84. The molecule has 2 aromatic rings. The number of rotatable bonds is 3. The molecule has 0 heterocycles. The first-order valence-corrected chi connectivity index (χ1v) is 7.27. The van der Waals surface area contributed by atoms with Crippen molar-refractivity contribution in [2.45, 2.75) is 11.8 Å². The van der Waals surface area contributed by atoms with Crippen LogP contribution in [0, 0.1) is 12.7 Å². The number of nitrogens with one attached hydrogen (secondary N) is 1. The molecule has 5 nitrogen and oxygen atoms in total. The lowest BCUT2D eigenvalue weighted by Crippen LogP contribution is -2.12. The summed E-state index contributed by atoms with van der Waals surface area (Å²) < 4.78 is 35.7. The number of sulfonamides is 1. The van der Waals surface area contributed by atoms with Gasteiger partial charge >= 0.3 is 0 Å². The molecule has 0 atom stereocenters. The van der Waals surface area contributed by atoms with E-state index in [1.165, 1.54) is 24.3 Å². The van der Waals surface area contributed by atoms with E-state index in [1.54, 1.807) is 19.1 Å². The largest absolute Gasteiger partial charge is 0.399 e. The van der Waals surface area contributed by atoms with E-state index in [1.807, 2.05) is 0 Å². The van der Waals surface area contributed by atoms with Gasteiger partial charge in [0, 0.05) is 17.1 Å². The zero-order valence-electron chi connectivity index (χ0n) is 10.7. The predicted molar refractivity (Wildman–Crippen MR) is 76.6 cm³/mol. The fraction of sp³-hybridized carbons (Fsp3) is 0.0769. The maximum absolute atomic E-state index is 13.0. The predicted octanol–water partition coefficient (Wildman–Crippen LogP) is 2.11. The van der Waals surface area contributed by atoms with Crippen molar-refractivity contribution in [2.24, 2.45) is 5.14 Å². The highest BCUT2D eigenvalue weighted by Gasteiger charge is 2.10. The molecule has 5 N–H and O–H groups in total. The van der Waals surface area contributed by atoms with Gasteiger partial charge in [-0.1, -0.05) is 0 Å². The first-order valence-electron chi connectivity index (χ1n) is 5.72. The van der Waals surface area contributed by atoms with Gasteiger partial charge in [0.2, 0.25) is 10.0 Å². The average Bonchev–Trinajstić information content (AvgIpc) is 2.31. The van der Waals surface area contributed by atoms with Crippen LogP contribution >= 0.6 is 0 Å². The fourth-order valence-corrected chi connectivity index (χ4v) is 2.37. The third-order valence-corrected chi connectivity index (χ3v) is 3.62. The maximum Gasteiger partial charge on any atom is 0.238 e. The van der Waals surface area contributed by atoms with Crippen molar-refractivity contribution >= 4 is 27.1 Å². The van der Waals surface area contributed by atoms with Gasteiger partial charge in [0.25, 0.3) is 0 Å². The van der Waals surface area contributed by atoms with Crippen molar-refractivity contribution in [1.29, 1.82) is 0 Å². The van der Waals surface area contributed by atoms with Crippen LogP contribution in [0.25, 0.3) is 0 Å². The second-order valence-corrected chi connectivity index (χ2v) is 5.98. The number of primary sulfonamides is 1. The number of benzene rings is 2. The number of aryl methyl sites for hydroxylation is 1. The van der Waals surface area contributed by atoms with Crippen molar-refractivity contribution in [3.05, 3.63) is 47.8 Å². The van der Waals surface area contributed by atoms with Crippen LogP contribution in [0.5, 0.6) is 0 Å². The zero-order chi connectivity index (χ0) is 14.9. The molecule has 0 amide bonds. The summed E-state index contributed by atoms with van der Waals surface area (Å²) in [5.74, 6) is -0.342. The Hall–Kier alpha value is -2.12. The van der Waals surface area contributed by atoms with Gasteiger partial charge in [-0.3, -0.25) is 0 Å². The molecule has 20 heavy (non-hydrogen) atoms. The van der Waals surface area contributed by atoms with E-state index >= 15 is 0 Å². The molecule has 0 radical (unpaired) electrons. The Bertz CT molecular complexity index is 760. The van der Waals surface area contributed by atoms with Crippen LogP contribution in [-0.2, 0) is 10.0 Å². The molecule has 0 spiro atoms. The summed E-state index contributed by atoms with van der Waals surface area (Å²) in [5, 5.41) is 8.06. The van der Waals surface area contributed by atoms with Crippen LogP contribution in [0.4, 0.5) is 21.5 Å². The Kier molecular flexibility index (Phi) is 3.65. The van der Waals surface area contributed by atoms with Crippen LogP contribution in [-0.4, -0.2) is 8.42 Å². The minimum absolute atomic E-state index is 0.0836. The van der Waals surface area contributed by atoms with Gasteiger partial charge in [-0.25, -0.2) is 17.9 Å². The van der Waals surface area contributed by atoms with Crippen LogP contribution in [0.15, 0.2) is 41.3 Å². The van der Waals surface area contributed by atoms with Crippen molar-refractivity contribution in [2.75, 3.05) is 11.1 Å². The number of nitrogen functional groups attached to an aromatic ring is 1. The van der Waals surface area contributed by atoms with Gasteiger partial charge < -0.3 is 11.1 Å². The Morgan fingerprint density at radius 2 is 1.85 bits per heavy atom. The molecule has 2 rings (SSSR count). The molecular weight excluding hydrogens is 281 g/mol. The second kappa shape index (κ2) is 5.10. The molecule has 0 saturated heterocycles. The highest BCUT2D eigenvalue weighted by atomic mass is 32.2. The van der Waals surface area contributed by atoms with E-state index in [2.05, 4.69) is 5.32 Å². The molecule has 0 saturated carbocycles. The van der Waals surface area contributed by atoms with E-state index < -0.39 is 10.0 Å². The quantitative estimate of drug-likeness (QED) is 0.755. The molecule has 0 bridgehead atoms. The molecule has 0 fully saturated rings. The van der Waals surface area contributed by atoms with E-state index in [-0.39, 0.29) is 16.4 Å². The molecule has 0 aromatic heterocycles. The van der Waals surface area contributed by atoms with Crippen molar-refractivity contribution in [1.82, 2.24) is 0 Å². The number of anilines is 3. The number of nitrogens with two attached hydrogens (primary N) is 2. The summed E-state index contributed by atoms with van der Waals surface area (Å²) in [6, 6.07) is 8.45. The van der Waals surface area contributed by atoms with Gasteiger partial charge in [-0.05, 0) is 48.9 Å². The average molecular weight is 295 g/mol. The van der Waals surface area contributed by atoms with E-state index in [9.17, 15) is 12.8 Å².